The summed E-state index contributed by atoms with van der Waals surface area (Å²) in [6.07, 6.45) is 4.44. The quantitative estimate of drug-likeness (QED) is 0.292. The molecular weight excluding hydrogens is 523 g/mol. The fourth-order valence-electron chi connectivity index (χ4n) is 6.62. The molecule has 7 unspecified atom stereocenters. The SMILES string of the molecule is COC(=O)[C@H](C)NP(=O)(OCC1C2COC3C2CC1C3n1cnc2c(N(C)C)ncnc21)Oc1ccccc1. The van der Waals surface area contributed by atoms with Gasteiger partial charge in [-0.15, -0.1) is 0 Å². The van der Waals surface area contributed by atoms with Gasteiger partial charge in [0.05, 0.1) is 38.8 Å². The fourth-order valence-corrected chi connectivity index (χ4v) is 8.14. The van der Waals surface area contributed by atoms with E-state index in [1.54, 1.807) is 37.5 Å². The number of benzene rings is 1. The van der Waals surface area contributed by atoms with Gasteiger partial charge in [-0.3, -0.25) is 9.32 Å². The first-order valence-electron chi connectivity index (χ1n) is 13.1. The van der Waals surface area contributed by atoms with Crippen molar-refractivity contribution in [1.82, 2.24) is 24.6 Å². The lowest BCUT2D eigenvalue weighted by molar-refractivity contribution is -0.142. The average Bonchev–Trinajstić information content (AvgIpc) is 3.67. The number of hydrogen-bond donors (Lipinski definition) is 1. The fraction of sp³-hybridized carbons (Fsp3) is 0.538. The van der Waals surface area contributed by atoms with Gasteiger partial charge in [0.2, 0.25) is 0 Å². The molecule has 1 aromatic carbocycles. The average molecular weight is 557 g/mol. The van der Waals surface area contributed by atoms with Crippen LogP contribution in [0.2, 0.25) is 0 Å². The van der Waals surface area contributed by atoms with E-state index in [0.29, 0.717) is 24.2 Å². The number of methoxy groups -OCH3 is 1. The highest BCUT2D eigenvalue weighted by Gasteiger charge is 2.63. The second kappa shape index (κ2) is 10.2. The number of hydrogen-bond acceptors (Lipinski definition) is 10. The summed E-state index contributed by atoms with van der Waals surface area (Å²) in [5.74, 6) is 1.53. The van der Waals surface area contributed by atoms with E-state index >= 15 is 0 Å². The number of rotatable bonds is 10. The zero-order chi connectivity index (χ0) is 27.3. The summed E-state index contributed by atoms with van der Waals surface area (Å²) in [4.78, 5) is 27.6. The topological polar surface area (TPSA) is 130 Å². The molecule has 2 aromatic heterocycles. The van der Waals surface area contributed by atoms with Crippen molar-refractivity contribution in [3.8, 4) is 5.75 Å². The molecule has 3 heterocycles. The van der Waals surface area contributed by atoms with Gasteiger partial charge < -0.3 is 23.5 Å². The molecule has 0 spiro atoms. The van der Waals surface area contributed by atoms with Crippen LogP contribution in [-0.4, -0.2) is 72.1 Å². The lowest BCUT2D eigenvalue weighted by atomic mass is 9.78. The predicted octanol–water partition coefficient (Wildman–Crippen LogP) is 3.07. The van der Waals surface area contributed by atoms with Crippen LogP contribution in [0.15, 0.2) is 43.0 Å². The molecule has 39 heavy (non-hydrogen) atoms. The number of carbonyl (C=O) groups is 1. The van der Waals surface area contributed by atoms with Crippen molar-refractivity contribution in [2.24, 2.45) is 23.7 Å². The third-order valence-electron chi connectivity index (χ3n) is 8.27. The Morgan fingerprint density at radius 1 is 1.21 bits per heavy atom. The van der Waals surface area contributed by atoms with E-state index in [0.717, 1.165) is 23.4 Å². The van der Waals surface area contributed by atoms with Gasteiger partial charge in [-0.25, -0.2) is 19.5 Å². The summed E-state index contributed by atoms with van der Waals surface area (Å²) in [5, 5.41) is 2.75. The molecule has 1 saturated heterocycles. The number of fused-ring (bicyclic) bond motifs is 2. The Hall–Kier alpha value is -3.05. The highest BCUT2D eigenvalue weighted by atomic mass is 31.2. The van der Waals surface area contributed by atoms with E-state index in [2.05, 4.69) is 24.6 Å². The Labute approximate surface area is 226 Å². The van der Waals surface area contributed by atoms with Gasteiger partial charge in [-0.1, -0.05) is 18.2 Å². The number of esters is 1. The van der Waals surface area contributed by atoms with Crippen LogP contribution in [0, 0.1) is 23.7 Å². The maximum Gasteiger partial charge on any atom is 0.459 e. The van der Waals surface area contributed by atoms with Gasteiger partial charge in [0.1, 0.15) is 18.1 Å². The van der Waals surface area contributed by atoms with Crippen LogP contribution in [0.5, 0.6) is 5.75 Å². The van der Waals surface area contributed by atoms with Gasteiger partial charge in [-0.05, 0) is 49.1 Å². The molecule has 3 fully saturated rings. The van der Waals surface area contributed by atoms with E-state index in [4.69, 9.17) is 18.5 Å². The number of imidazole rings is 1. The standard InChI is InChI=1S/C26H33N6O6P/c1-15(26(33)35-4)30-39(34,38-16-8-6-5-7-9-16)37-12-20-17-10-18-19(20)11-36-23(18)22(17)32-14-29-21-24(31(2)3)27-13-28-25(21)32/h5-9,13-15,17-20,22-23H,10-12H2,1-4H3,(H,30,34)/t15-,17?,18?,19?,20?,22?,23?,39?/m0/s1. The Morgan fingerprint density at radius 3 is 2.74 bits per heavy atom. The molecule has 2 saturated carbocycles. The monoisotopic (exact) mass is 556 g/mol. The van der Waals surface area contributed by atoms with Gasteiger partial charge in [0.15, 0.2) is 17.0 Å². The number of aromatic nitrogens is 4. The largest absolute Gasteiger partial charge is 0.468 e. The second-order valence-corrected chi connectivity index (χ2v) is 12.4. The third kappa shape index (κ3) is 4.59. The second-order valence-electron chi connectivity index (χ2n) is 10.7. The molecule has 208 valence electrons. The first kappa shape index (κ1) is 26.2. The van der Waals surface area contributed by atoms with Crippen LogP contribution >= 0.6 is 7.75 Å². The molecule has 0 amide bonds. The smallest absolute Gasteiger partial charge is 0.459 e. The van der Waals surface area contributed by atoms with Crippen molar-refractivity contribution < 1.29 is 27.9 Å². The molecule has 0 radical (unpaired) electrons. The Kier molecular flexibility index (Phi) is 6.83. The summed E-state index contributed by atoms with van der Waals surface area (Å²) in [5.41, 5.74) is 1.51. The van der Waals surface area contributed by atoms with Crippen LogP contribution in [-0.2, 0) is 23.4 Å². The third-order valence-corrected chi connectivity index (χ3v) is 9.91. The normalized spacial score (nSPS) is 29.3. The van der Waals surface area contributed by atoms with Gasteiger partial charge in [0, 0.05) is 14.1 Å². The number of nitrogens with one attached hydrogen (secondary N) is 1. The molecule has 2 aliphatic carbocycles. The molecular formula is C26H33N6O6P. The molecule has 3 aliphatic rings. The highest BCUT2D eigenvalue weighted by molar-refractivity contribution is 7.52. The van der Waals surface area contributed by atoms with E-state index in [9.17, 15) is 9.36 Å². The minimum absolute atomic E-state index is 0.0219. The van der Waals surface area contributed by atoms with Gasteiger partial charge in [0.25, 0.3) is 0 Å². The minimum Gasteiger partial charge on any atom is -0.468 e. The number of nitrogens with zero attached hydrogens (tertiary/aromatic N) is 5. The molecule has 12 nitrogen and oxygen atoms in total. The predicted molar refractivity (Wildman–Crippen MR) is 142 cm³/mol. The minimum atomic E-state index is -3.94. The lowest BCUT2D eigenvalue weighted by Gasteiger charge is -2.34. The van der Waals surface area contributed by atoms with Crippen LogP contribution in [0.3, 0.4) is 0 Å². The van der Waals surface area contributed by atoms with Crippen LogP contribution in [0.25, 0.3) is 11.2 Å². The maximum atomic E-state index is 13.9. The number of para-hydroxylation sites is 1. The molecule has 3 aromatic rings. The van der Waals surface area contributed by atoms with Crippen LogP contribution in [0.4, 0.5) is 5.82 Å². The molecule has 6 rings (SSSR count). The summed E-state index contributed by atoms with van der Waals surface area (Å²) < 4.78 is 39.1. The first-order chi connectivity index (χ1) is 18.8. The van der Waals surface area contributed by atoms with E-state index in [-0.39, 0.29) is 30.6 Å². The van der Waals surface area contributed by atoms with Gasteiger partial charge >= 0.3 is 13.7 Å². The Bertz CT molecular complexity index is 1400. The summed E-state index contributed by atoms with van der Waals surface area (Å²) >= 11 is 0. The lowest BCUT2D eigenvalue weighted by Crippen LogP contribution is -2.38. The molecule has 13 heteroatoms. The zero-order valence-electron chi connectivity index (χ0n) is 22.3. The summed E-state index contributed by atoms with van der Waals surface area (Å²) in [6.45, 7) is 2.37. The number of anilines is 1. The van der Waals surface area contributed by atoms with E-state index < -0.39 is 19.8 Å². The van der Waals surface area contributed by atoms with Crippen molar-refractivity contribution in [3.63, 3.8) is 0 Å². The van der Waals surface area contributed by atoms with Crippen molar-refractivity contribution >= 4 is 30.7 Å². The Balaban J connectivity index is 1.26. The van der Waals surface area contributed by atoms with Gasteiger partial charge in [-0.2, -0.15) is 5.09 Å². The molecule has 8 atom stereocenters. The van der Waals surface area contributed by atoms with E-state index in [1.807, 2.05) is 31.4 Å². The maximum absolute atomic E-state index is 13.9. The van der Waals surface area contributed by atoms with Crippen LogP contribution < -0.4 is 14.5 Å². The molecule has 1 N–H and O–H groups in total. The number of carbonyl (C=O) groups excluding carboxylic acids is 1. The van der Waals surface area contributed by atoms with E-state index in [1.165, 1.54) is 7.11 Å². The highest BCUT2D eigenvalue weighted by Crippen LogP contribution is 2.62. The molecule has 2 bridgehead atoms. The summed E-state index contributed by atoms with van der Waals surface area (Å²) in [6, 6.07) is 7.91. The van der Waals surface area contributed by atoms with Crippen molar-refractivity contribution in [2.75, 3.05) is 39.3 Å². The zero-order valence-corrected chi connectivity index (χ0v) is 23.2. The number of ether oxygens (including phenoxy) is 2. The van der Waals surface area contributed by atoms with Crippen molar-refractivity contribution in [2.45, 2.75) is 31.5 Å². The molecule has 1 aliphatic heterocycles. The van der Waals surface area contributed by atoms with Crippen molar-refractivity contribution in [3.05, 3.63) is 43.0 Å². The Morgan fingerprint density at radius 2 is 2.00 bits per heavy atom. The first-order valence-corrected chi connectivity index (χ1v) is 14.6. The summed E-state index contributed by atoms with van der Waals surface area (Å²) in [7, 11) is 1.21. The van der Waals surface area contributed by atoms with Crippen LogP contribution in [0.1, 0.15) is 19.4 Å². The van der Waals surface area contributed by atoms with Crippen molar-refractivity contribution in [1.29, 1.82) is 0 Å².